The van der Waals surface area contributed by atoms with E-state index in [0.29, 0.717) is 0 Å². The van der Waals surface area contributed by atoms with Crippen LogP contribution in [-0.4, -0.2) is 9.20 Å². The van der Waals surface area contributed by atoms with Crippen LogP contribution in [0.4, 0.5) is 0 Å². The maximum absolute atomic E-state index is 5.35. The number of hydrogen-bond acceptors (Lipinski definition) is 0. The van der Waals surface area contributed by atoms with Gasteiger partial charge in [-0.05, 0) is 0 Å². The first-order valence-corrected chi connectivity index (χ1v) is 24.5. The molecule has 1 N–H and O–H groups in total. The number of rotatable bonds is 2. The van der Waals surface area contributed by atoms with E-state index >= 15 is 0 Å². The van der Waals surface area contributed by atoms with Crippen molar-refractivity contribution >= 4 is 43.3 Å². The molecule has 0 amide bonds. The van der Waals surface area contributed by atoms with Gasteiger partial charge in [0.05, 0.1) is 0 Å². The summed E-state index contributed by atoms with van der Waals surface area (Å²) in [6, 6.07) is 10.9. The summed E-state index contributed by atoms with van der Waals surface area (Å²) in [5.74, 6) is 0. The van der Waals surface area contributed by atoms with Gasteiger partial charge >= 0.3 is 138 Å². The zero-order chi connectivity index (χ0) is 18.2. The molecule has 0 aliphatic heterocycles. The number of fused-ring (bicyclic) bond motifs is 1. The van der Waals surface area contributed by atoms with Gasteiger partial charge in [0.2, 0.25) is 0 Å². The minimum atomic E-state index is -5.33. The molecule has 3 rings (SSSR count). The van der Waals surface area contributed by atoms with Crippen LogP contribution in [0.3, 0.4) is 0 Å². The fourth-order valence-electron chi connectivity index (χ4n) is 4.41. The fourth-order valence-corrected chi connectivity index (χ4v) is 19.8. The Hall–Kier alpha value is -0.427. The second kappa shape index (κ2) is 4.42. The van der Waals surface area contributed by atoms with Crippen molar-refractivity contribution in [1.29, 1.82) is 0 Å². The van der Waals surface area contributed by atoms with E-state index in [0.717, 1.165) is 6.42 Å². The van der Waals surface area contributed by atoms with Crippen molar-refractivity contribution < 1.29 is 13.8 Å². The van der Waals surface area contributed by atoms with Crippen LogP contribution in [0, 0.1) is 0 Å². The Labute approximate surface area is 162 Å². The van der Waals surface area contributed by atoms with Gasteiger partial charge < -0.3 is 0 Å². The van der Waals surface area contributed by atoms with E-state index in [4.69, 9.17) is 4.21 Å². The monoisotopic (exact) mass is 474 g/mol. The zero-order valence-electron chi connectivity index (χ0n) is 17.3. The number of halogens is 2. The summed E-state index contributed by atoms with van der Waals surface area (Å²) in [7, 11) is 0. The second-order valence-corrected chi connectivity index (χ2v) is 61.7. The third-order valence-electron chi connectivity index (χ3n) is 9.95. The molecule has 26 heavy (non-hydrogen) atoms. The van der Waals surface area contributed by atoms with Crippen molar-refractivity contribution in [3.63, 3.8) is 0 Å². The van der Waals surface area contributed by atoms with Gasteiger partial charge in [0.15, 0.2) is 0 Å². The molecule has 1 aromatic heterocycles. The number of allylic oxidation sites excluding steroid dienone is 4. The summed E-state index contributed by atoms with van der Waals surface area (Å²) in [4.78, 5) is 3.83. The third kappa shape index (κ3) is 2.16. The second-order valence-electron chi connectivity index (χ2n) is 14.2. The molecule has 0 saturated carbocycles. The van der Waals surface area contributed by atoms with Gasteiger partial charge in [-0.2, -0.15) is 0 Å². The standard InChI is InChI=1S/C8H6N.C5H5.C4H9.4CH3.CH2.2ClH.Zr/c1-2-4-8-7(3-1)5-6-9-8;1-2-4-5-3-1;1-4(2)3;;;;;;;;/h1-5,9H;1-3H,4H2;1-3H3;4*1H3;1H2;2*1H;. The molecule has 1 nitrogen and oxygen atoms in total. The van der Waals surface area contributed by atoms with Crippen molar-refractivity contribution in [3.05, 3.63) is 51.8 Å². The summed E-state index contributed by atoms with van der Waals surface area (Å²) < 4.78 is 18.2. The predicted molar refractivity (Wildman–Crippen MR) is 125 cm³/mol. The molecule has 1 heterocycles. The molecule has 0 atom stereocenters. The Kier molecular flexibility index (Phi) is 4.02. The molecular weight excluding hydrogens is 440 g/mol. The molecule has 0 spiro atoms. The molecule has 0 saturated heterocycles. The Morgan fingerprint density at radius 3 is 2.04 bits per heavy atom. The number of para-hydroxylation sites is 1. The SMILES string of the molecule is Cl.Cl.[CH2]=[Zr]([CH3])([CH3])([CH3])([CH3])([C]1=CC=CC1)([c]1cc2ccccc2[nH]1)[C](C)(C)C. The Balaban J connectivity index is 0.00000169. The van der Waals surface area contributed by atoms with Gasteiger partial charge in [0.25, 0.3) is 0 Å². The summed E-state index contributed by atoms with van der Waals surface area (Å²) in [6.07, 6.45) is 7.81. The van der Waals surface area contributed by atoms with Crippen LogP contribution in [0.1, 0.15) is 27.2 Å². The summed E-state index contributed by atoms with van der Waals surface area (Å²) in [5.41, 5.74) is 1.20. The molecular formula is C22H36Cl2NZr. The van der Waals surface area contributed by atoms with Gasteiger partial charge in [-0.25, -0.2) is 0 Å². The third-order valence-corrected chi connectivity index (χ3v) is 49.1. The molecule has 147 valence electrons. The molecule has 0 fully saturated rings. The van der Waals surface area contributed by atoms with Gasteiger partial charge in [-0.3, -0.25) is 0 Å². The molecule has 1 aliphatic carbocycles. The van der Waals surface area contributed by atoms with Crippen LogP contribution < -0.4 is 3.40 Å². The van der Waals surface area contributed by atoms with E-state index in [2.05, 4.69) is 92.8 Å². The van der Waals surface area contributed by atoms with Crippen molar-refractivity contribution in [1.82, 2.24) is 4.98 Å². The van der Waals surface area contributed by atoms with E-state index in [1.807, 2.05) is 0 Å². The number of H-pyrrole nitrogens is 1. The number of benzene rings is 1. The van der Waals surface area contributed by atoms with Gasteiger partial charge in [-0.1, -0.05) is 0 Å². The molecule has 1 aliphatic rings. The van der Waals surface area contributed by atoms with Crippen LogP contribution in [0.5, 0.6) is 0 Å². The first-order chi connectivity index (χ1) is 10.5. The molecule has 2 aromatic rings. The Morgan fingerprint density at radius 2 is 1.58 bits per heavy atom. The summed E-state index contributed by atoms with van der Waals surface area (Å²) >= 11 is -5.33. The normalized spacial score (nSPS) is 20.7. The zero-order valence-corrected chi connectivity index (χ0v) is 21.4. The van der Waals surface area contributed by atoms with Crippen LogP contribution in [0.15, 0.2) is 51.8 Å². The molecule has 0 bridgehead atoms. The van der Waals surface area contributed by atoms with E-state index in [1.54, 1.807) is 0 Å². The first-order valence-electron chi connectivity index (χ1n) is 9.23. The molecule has 0 unspecified atom stereocenters. The quantitative estimate of drug-likeness (QED) is 0.459. The van der Waals surface area contributed by atoms with Crippen LogP contribution >= 0.6 is 24.8 Å². The van der Waals surface area contributed by atoms with Crippen molar-refractivity contribution in [2.45, 2.75) is 48.8 Å². The average molecular weight is 477 g/mol. The number of nitrogens with one attached hydrogen (secondary N) is 1. The topological polar surface area (TPSA) is 15.8 Å². The first kappa shape index (κ1) is 23.6. The van der Waals surface area contributed by atoms with Crippen molar-refractivity contribution in [2.75, 3.05) is 0 Å². The van der Waals surface area contributed by atoms with Gasteiger partial charge in [-0.15, -0.1) is 24.8 Å². The van der Waals surface area contributed by atoms with Gasteiger partial charge in [0, 0.05) is 0 Å². The molecule has 1 aromatic carbocycles. The van der Waals surface area contributed by atoms with Gasteiger partial charge in [0.1, 0.15) is 0 Å². The number of aromatic amines is 1. The Morgan fingerprint density at radius 1 is 1.00 bits per heavy atom. The van der Waals surface area contributed by atoms with Crippen molar-refractivity contribution in [2.24, 2.45) is 0 Å². The molecule has 0 radical (unpaired) electrons. The number of hydrogen-bond donors (Lipinski definition) is 1. The van der Waals surface area contributed by atoms with Crippen molar-refractivity contribution in [3.8, 4) is 0 Å². The summed E-state index contributed by atoms with van der Waals surface area (Å²) in [5, 5.41) is 1.27. The Bertz CT molecular complexity index is 1070. The van der Waals surface area contributed by atoms with Crippen LogP contribution in [0.2, 0.25) is 21.6 Å². The number of aromatic nitrogens is 1. The van der Waals surface area contributed by atoms with Crippen LogP contribution in [0.25, 0.3) is 10.9 Å². The van der Waals surface area contributed by atoms with E-state index in [-0.39, 0.29) is 27.9 Å². The van der Waals surface area contributed by atoms with Crippen LogP contribution in [-0.2, 0) is 13.8 Å². The predicted octanol–water partition coefficient (Wildman–Crippen LogP) is 7.62. The fraction of sp³-hybridized carbons (Fsp3) is 0.409. The van der Waals surface area contributed by atoms with E-state index in [1.165, 1.54) is 17.6 Å². The van der Waals surface area contributed by atoms with E-state index < -0.39 is 13.8 Å². The maximum atomic E-state index is 5.35. The minimum absolute atomic E-state index is 0. The van der Waals surface area contributed by atoms with E-state index in [9.17, 15) is 0 Å². The summed E-state index contributed by atoms with van der Waals surface area (Å²) in [6.45, 7) is 7.15. The molecule has 4 heteroatoms. The average Bonchev–Trinajstić information content (AvgIpc) is 3.07.